The van der Waals surface area contributed by atoms with Crippen molar-refractivity contribution in [3.63, 3.8) is 0 Å². The zero-order valence-corrected chi connectivity index (χ0v) is 21.9. The zero-order chi connectivity index (χ0) is 27.8. The number of nitrogens with one attached hydrogen (secondary N) is 3. The van der Waals surface area contributed by atoms with Crippen molar-refractivity contribution in [3.05, 3.63) is 89.5 Å². The molecule has 4 rings (SSSR count). The summed E-state index contributed by atoms with van der Waals surface area (Å²) in [7, 11) is -2.61. The summed E-state index contributed by atoms with van der Waals surface area (Å²) in [6, 6.07) is 21.3. The number of benzene rings is 3. The smallest absolute Gasteiger partial charge is 0.409 e. The van der Waals surface area contributed by atoms with Gasteiger partial charge in [0.1, 0.15) is 23.4 Å². The monoisotopic (exact) mass is 551 g/mol. The van der Waals surface area contributed by atoms with Gasteiger partial charge in [0.15, 0.2) is 0 Å². The van der Waals surface area contributed by atoms with Crippen LogP contribution in [0.1, 0.15) is 35.4 Å². The average molecular weight is 552 g/mol. The van der Waals surface area contributed by atoms with Gasteiger partial charge in [0, 0.05) is 23.9 Å². The number of rotatable bonds is 11. The first-order chi connectivity index (χ1) is 18.8. The molecule has 3 aromatic rings. The van der Waals surface area contributed by atoms with Crippen molar-refractivity contribution in [2.75, 3.05) is 17.7 Å². The summed E-state index contributed by atoms with van der Waals surface area (Å²) in [5, 5.41) is 16.3. The Morgan fingerprint density at radius 1 is 0.897 bits per heavy atom. The van der Waals surface area contributed by atoms with E-state index in [0.717, 1.165) is 22.3 Å². The molecule has 1 atom stereocenters. The van der Waals surface area contributed by atoms with Gasteiger partial charge in [-0.2, -0.15) is 0 Å². The number of carbonyl (C=O) groups excluding carboxylic acids is 2. The van der Waals surface area contributed by atoms with Crippen LogP contribution in [0.3, 0.4) is 0 Å². The number of hydrogen-bond acceptors (Lipinski definition) is 6. The van der Waals surface area contributed by atoms with Crippen molar-refractivity contribution in [2.45, 2.75) is 31.3 Å². The summed E-state index contributed by atoms with van der Waals surface area (Å²) >= 11 is 0. The molecule has 0 spiro atoms. The summed E-state index contributed by atoms with van der Waals surface area (Å²) in [5.74, 6) is -0.736. The van der Waals surface area contributed by atoms with Crippen LogP contribution in [-0.4, -0.2) is 50.0 Å². The van der Waals surface area contributed by atoms with E-state index in [1.54, 1.807) is 24.3 Å². The van der Waals surface area contributed by atoms with Gasteiger partial charge in [0.2, 0.25) is 5.91 Å². The van der Waals surface area contributed by atoms with E-state index in [0.29, 0.717) is 11.3 Å². The zero-order valence-electron chi connectivity index (χ0n) is 21.0. The highest BCUT2D eigenvalue weighted by molar-refractivity contribution is 7.72. The van der Waals surface area contributed by atoms with Gasteiger partial charge < -0.3 is 20.5 Å². The van der Waals surface area contributed by atoms with Gasteiger partial charge in [-0.15, -0.1) is 0 Å². The fourth-order valence-corrected chi connectivity index (χ4v) is 5.06. The van der Waals surface area contributed by atoms with E-state index < -0.39 is 34.8 Å². The molecule has 1 aliphatic rings. The topological polar surface area (TPSA) is 151 Å². The van der Waals surface area contributed by atoms with E-state index in [4.69, 9.17) is 9.84 Å². The Labute approximate surface area is 227 Å². The molecular formula is C28H29N3O7S. The number of carboxylic acid groups (broad SMARTS) is 1. The first-order valence-electron chi connectivity index (χ1n) is 12.4. The van der Waals surface area contributed by atoms with Gasteiger partial charge in [0.05, 0.1) is 0 Å². The predicted molar refractivity (Wildman–Crippen MR) is 146 cm³/mol. The van der Waals surface area contributed by atoms with Gasteiger partial charge in [-0.25, -0.2) is 18.0 Å². The molecule has 0 saturated heterocycles. The molecular weight excluding hydrogens is 522 g/mol. The van der Waals surface area contributed by atoms with Crippen molar-refractivity contribution in [3.8, 4) is 11.1 Å². The molecule has 0 radical (unpaired) electrons. The Balaban J connectivity index is 1.36. The molecule has 10 nitrogen and oxygen atoms in total. The second-order valence-corrected chi connectivity index (χ2v) is 10.2. The molecule has 0 bridgehead atoms. The number of alkyl carbamates (subject to hydrolysis) is 1. The third-order valence-electron chi connectivity index (χ3n) is 6.46. The molecule has 11 heteroatoms. The normalized spacial score (nSPS) is 12.7. The minimum atomic E-state index is -2.61. The molecule has 1 aliphatic carbocycles. The lowest BCUT2D eigenvalue weighted by atomic mass is 9.98. The number of amides is 3. The van der Waals surface area contributed by atoms with Crippen LogP contribution >= 0.6 is 0 Å². The van der Waals surface area contributed by atoms with E-state index in [9.17, 15) is 22.8 Å². The number of thiol groups is 1. The number of anilines is 1. The maximum Gasteiger partial charge on any atom is 0.409 e. The number of carbonyl (C=O) groups is 3. The van der Waals surface area contributed by atoms with E-state index in [1.165, 1.54) is 0 Å². The lowest BCUT2D eigenvalue weighted by Gasteiger charge is -2.19. The Morgan fingerprint density at radius 2 is 1.51 bits per heavy atom. The molecule has 204 valence electrons. The SMILES string of the molecule is O=C(O)Nc1ccc(CNC(=O)[C@H](CCC[SH](=O)=O)NC(=O)OCC2c3ccccc3-c3ccccc32)cc1. The molecule has 0 unspecified atom stereocenters. The summed E-state index contributed by atoms with van der Waals surface area (Å²) < 4.78 is 27.6. The fourth-order valence-electron chi connectivity index (χ4n) is 4.62. The van der Waals surface area contributed by atoms with Gasteiger partial charge >= 0.3 is 12.2 Å². The van der Waals surface area contributed by atoms with Crippen LogP contribution in [0.15, 0.2) is 72.8 Å². The van der Waals surface area contributed by atoms with E-state index >= 15 is 0 Å². The van der Waals surface area contributed by atoms with Crippen LogP contribution in [0.4, 0.5) is 15.3 Å². The third kappa shape index (κ3) is 7.35. The maximum atomic E-state index is 12.9. The quantitative estimate of drug-likeness (QED) is 0.228. The Morgan fingerprint density at radius 3 is 2.10 bits per heavy atom. The molecule has 0 heterocycles. The highest BCUT2D eigenvalue weighted by atomic mass is 32.2. The number of fused-ring (bicyclic) bond motifs is 3. The Kier molecular flexibility index (Phi) is 9.16. The summed E-state index contributed by atoms with van der Waals surface area (Å²) in [6.45, 7) is 0.211. The third-order valence-corrected chi connectivity index (χ3v) is 7.14. The lowest BCUT2D eigenvalue weighted by Crippen LogP contribution is -2.47. The number of ether oxygens (including phenoxy) is 1. The first kappa shape index (κ1) is 27.6. The molecule has 0 aliphatic heterocycles. The first-order valence-corrected chi connectivity index (χ1v) is 13.8. The van der Waals surface area contributed by atoms with Crippen LogP contribution in [-0.2, 0) is 26.8 Å². The van der Waals surface area contributed by atoms with E-state index in [2.05, 4.69) is 16.0 Å². The summed E-state index contributed by atoms with van der Waals surface area (Å²) in [6.07, 6.45) is -1.65. The molecule has 3 aromatic carbocycles. The summed E-state index contributed by atoms with van der Waals surface area (Å²) in [5.41, 5.74) is 5.41. The lowest BCUT2D eigenvalue weighted by molar-refractivity contribution is -0.123. The highest BCUT2D eigenvalue weighted by Crippen LogP contribution is 2.44. The second kappa shape index (κ2) is 12.9. The van der Waals surface area contributed by atoms with E-state index in [1.807, 2.05) is 48.5 Å². The second-order valence-electron chi connectivity index (χ2n) is 9.07. The van der Waals surface area contributed by atoms with Gasteiger partial charge in [-0.1, -0.05) is 60.7 Å². The minimum absolute atomic E-state index is 0.0807. The molecule has 0 fully saturated rings. The van der Waals surface area contributed by atoms with E-state index in [-0.39, 0.29) is 37.7 Å². The fraction of sp³-hybridized carbons (Fsp3) is 0.250. The minimum Gasteiger partial charge on any atom is -0.465 e. The van der Waals surface area contributed by atoms with Gasteiger partial charge in [0.25, 0.3) is 0 Å². The van der Waals surface area contributed by atoms with Gasteiger partial charge in [-0.3, -0.25) is 10.1 Å². The van der Waals surface area contributed by atoms with Crippen LogP contribution in [0.5, 0.6) is 0 Å². The van der Waals surface area contributed by atoms with Crippen LogP contribution in [0, 0.1) is 0 Å². The molecule has 3 amide bonds. The molecule has 0 saturated carbocycles. The van der Waals surface area contributed by atoms with Crippen LogP contribution in [0.2, 0.25) is 0 Å². The Bertz CT molecular complexity index is 1370. The standard InChI is InChI=1S/C28H29N3O7S/c32-26(29-16-18-11-13-19(14-12-18)30-27(33)34)25(10-5-15-39(36)37)31-28(35)38-17-24-22-8-3-1-6-20(22)21-7-2-4-9-23(21)24/h1-4,6-9,11-14,24-25,30,39H,5,10,15-17H2,(H,29,32)(H,31,35)(H,33,34)/t25-/m0/s1. The highest BCUT2D eigenvalue weighted by Gasteiger charge is 2.29. The van der Waals surface area contributed by atoms with Crippen molar-refractivity contribution in [1.29, 1.82) is 0 Å². The molecule has 0 aromatic heterocycles. The van der Waals surface area contributed by atoms with Crippen LogP contribution < -0.4 is 16.0 Å². The van der Waals surface area contributed by atoms with Crippen molar-refractivity contribution >= 4 is 34.5 Å². The number of hydrogen-bond donors (Lipinski definition) is 5. The molecule has 4 N–H and O–H groups in total. The molecule has 39 heavy (non-hydrogen) atoms. The maximum absolute atomic E-state index is 12.9. The van der Waals surface area contributed by atoms with Crippen LogP contribution in [0.25, 0.3) is 11.1 Å². The summed E-state index contributed by atoms with van der Waals surface area (Å²) in [4.78, 5) is 36.4. The van der Waals surface area contributed by atoms with Crippen molar-refractivity contribution < 1.29 is 32.6 Å². The van der Waals surface area contributed by atoms with Crippen molar-refractivity contribution in [1.82, 2.24) is 10.6 Å². The Hall–Kier alpha value is -4.38. The predicted octanol–water partition coefficient (Wildman–Crippen LogP) is 3.69. The largest absolute Gasteiger partial charge is 0.465 e. The average Bonchev–Trinajstić information content (AvgIpc) is 3.24. The van der Waals surface area contributed by atoms with Crippen molar-refractivity contribution in [2.24, 2.45) is 0 Å². The van der Waals surface area contributed by atoms with Gasteiger partial charge in [-0.05, 0) is 52.8 Å².